The molecular formula is C26H32FN3O3. The second-order valence-electron chi connectivity index (χ2n) is 9.08. The first-order chi connectivity index (χ1) is 16.0. The Morgan fingerprint density at radius 3 is 2.58 bits per heavy atom. The average molecular weight is 454 g/mol. The Morgan fingerprint density at radius 2 is 1.85 bits per heavy atom. The highest BCUT2D eigenvalue weighted by Gasteiger charge is 2.28. The topological polar surface area (TPSA) is 61.9 Å². The van der Waals surface area contributed by atoms with Crippen molar-refractivity contribution in [2.45, 2.75) is 32.3 Å². The summed E-state index contributed by atoms with van der Waals surface area (Å²) in [5, 5.41) is 2.91. The normalized spacial score (nSPS) is 19.9. The number of piperidine rings is 1. The maximum Gasteiger partial charge on any atom is 0.322 e. The summed E-state index contributed by atoms with van der Waals surface area (Å²) in [5.74, 6) is 0.402. The average Bonchev–Trinajstić information content (AvgIpc) is 2.82. The third kappa shape index (κ3) is 6.62. The number of Topliss-reactive ketones (excluding diaryl/α,β-unsaturated/α-hetero) is 1. The number of morpholine rings is 1. The maximum absolute atomic E-state index is 13.1. The van der Waals surface area contributed by atoms with E-state index in [9.17, 15) is 14.0 Å². The Morgan fingerprint density at radius 1 is 1.09 bits per heavy atom. The number of halogens is 1. The number of ether oxygens (including phenoxy) is 1. The van der Waals surface area contributed by atoms with Crippen molar-refractivity contribution in [1.29, 1.82) is 0 Å². The predicted octanol–water partition coefficient (Wildman–Crippen LogP) is 4.22. The van der Waals surface area contributed by atoms with Gasteiger partial charge in [0.1, 0.15) is 5.82 Å². The minimum Gasteiger partial charge on any atom is -0.373 e. The van der Waals surface area contributed by atoms with Crippen molar-refractivity contribution >= 4 is 17.5 Å². The molecular weight excluding hydrogens is 421 g/mol. The third-order valence-corrected chi connectivity index (χ3v) is 6.55. The molecule has 0 aliphatic carbocycles. The number of amides is 2. The Balaban J connectivity index is 1.23. The molecule has 0 spiro atoms. The van der Waals surface area contributed by atoms with Gasteiger partial charge in [-0.25, -0.2) is 9.18 Å². The molecule has 2 aliphatic heterocycles. The smallest absolute Gasteiger partial charge is 0.322 e. The van der Waals surface area contributed by atoms with Gasteiger partial charge in [0.25, 0.3) is 0 Å². The summed E-state index contributed by atoms with van der Waals surface area (Å²) >= 11 is 0. The van der Waals surface area contributed by atoms with Crippen molar-refractivity contribution in [2.75, 3.05) is 44.6 Å². The van der Waals surface area contributed by atoms with E-state index in [0.29, 0.717) is 36.9 Å². The molecule has 1 atom stereocenters. The number of carbonyl (C=O) groups is 2. The number of nitrogens with one attached hydrogen (secondary N) is 1. The molecule has 6 nitrogen and oxygen atoms in total. The van der Waals surface area contributed by atoms with Crippen molar-refractivity contribution < 1.29 is 18.7 Å². The number of ketones is 1. The van der Waals surface area contributed by atoms with Crippen LogP contribution in [0.25, 0.3) is 0 Å². The number of carbonyl (C=O) groups excluding carboxylic acids is 2. The molecule has 2 saturated heterocycles. The van der Waals surface area contributed by atoms with Crippen LogP contribution < -0.4 is 5.32 Å². The zero-order valence-electron chi connectivity index (χ0n) is 19.1. The summed E-state index contributed by atoms with van der Waals surface area (Å²) in [4.78, 5) is 28.6. The van der Waals surface area contributed by atoms with Crippen LogP contribution in [0, 0.1) is 11.7 Å². The maximum atomic E-state index is 13.1. The molecule has 7 heteroatoms. The minimum absolute atomic E-state index is 0.0123. The first-order valence-electron chi connectivity index (χ1n) is 11.7. The fourth-order valence-corrected chi connectivity index (χ4v) is 4.65. The molecule has 0 unspecified atom stereocenters. The highest BCUT2D eigenvalue weighted by atomic mass is 19.1. The fraction of sp³-hybridized carbons (Fsp3) is 0.462. The molecule has 2 aromatic carbocycles. The second-order valence-corrected chi connectivity index (χ2v) is 9.08. The van der Waals surface area contributed by atoms with Gasteiger partial charge in [-0.1, -0.05) is 24.3 Å². The molecule has 4 rings (SSSR count). The molecule has 0 saturated carbocycles. The van der Waals surface area contributed by atoms with Crippen molar-refractivity contribution in [1.82, 2.24) is 9.80 Å². The Kier molecular flexibility index (Phi) is 7.73. The minimum atomic E-state index is -0.187. The second kappa shape index (κ2) is 10.9. The lowest BCUT2D eigenvalue weighted by Crippen LogP contribution is -2.51. The number of likely N-dealkylation sites (tertiary alicyclic amines) is 1. The number of hydrogen-bond donors (Lipinski definition) is 1. The summed E-state index contributed by atoms with van der Waals surface area (Å²) in [7, 11) is 0. The van der Waals surface area contributed by atoms with Gasteiger partial charge < -0.3 is 19.9 Å². The van der Waals surface area contributed by atoms with Crippen molar-refractivity contribution in [2.24, 2.45) is 5.92 Å². The van der Waals surface area contributed by atoms with E-state index in [1.54, 1.807) is 29.2 Å². The largest absolute Gasteiger partial charge is 0.373 e. The number of nitrogens with zero attached hydrogens (tertiary/aromatic N) is 2. The zero-order valence-corrected chi connectivity index (χ0v) is 19.1. The van der Waals surface area contributed by atoms with Gasteiger partial charge in [-0.2, -0.15) is 0 Å². The monoisotopic (exact) mass is 453 g/mol. The summed E-state index contributed by atoms with van der Waals surface area (Å²) in [6.07, 6.45) is 3.20. The highest BCUT2D eigenvalue weighted by molar-refractivity contribution is 5.96. The van der Waals surface area contributed by atoms with Gasteiger partial charge in [-0.15, -0.1) is 0 Å². The first-order valence-corrected chi connectivity index (χ1v) is 11.7. The molecule has 2 amide bonds. The van der Waals surface area contributed by atoms with Gasteiger partial charge in [0.05, 0.1) is 12.7 Å². The SMILES string of the molecule is CC(=O)c1cccc(NC(=O)N2CCO[C@H](CN3CCC(Cc4ccc(F)cc4)CC3)C2)c1. The standard InChI is InChI=1S/C26H32FN3O3/c1-19(31)22-3-2-4-24(16-22)28-26(32)30-13-14-33-25(18-30)17-29-11-9-21(10-12-29)15-20-5-7-23(27)8-6-20/h2-8,16,21,25H,9-15,17-18H2,1H3,(H,28,32)/t25-/m1/s1. The van der Waals surface area contributed by atoms with Gasteiger partial charge in [-0.3, -0.25) is 4.79 Å². The lowest BCUT2D eigenvalue weighted by molar-refractivity contribution is -0.0329. The van der Waals surface area contributed by atoms with E-state index >= 15 is 0 Å². The van der Waals surface area contributed by atoms with Crippen LogP contribution in [0.3, 0.4) is 0 Å². The van der Waals surface area contributed by atoms with E-state index in [0.717, 1.165) is 38.9 Å². The van der Waals surface area contributed by atoms with Gasteiger partial charge in [0.2, 0.25) is 0 Å². The van der Waals surface area contributed by atoms with E-state index < -0.39 is 0 Å². The molecule has 0 radical (unpaired) electrons. The number of hydrogen-bond acceptors (Lipinski definition) is 4. The van der Waals surface area contributed by atoms with Crippen LogP contribution in [0.15, 0.2) is 48.5 Å². The molecule has 2 aromatic rings. The number of benzene rings is 2. The van der Waals surface area contributed by atoms with Crippen LogP contribution >= 0.6 is 0 Å². The zero-order chi connectivity index (χ0) is 23.2. The van der Waals surface area contributed by atoms with E-state index in [1.807, 2.05) is 12.1 Å². The van der Waals surface area contributed by atoms with Crippen LogP contribution in [-0.2, 0) is 11.2 Å². The number of urea groups is 1. The Bertz CT molecular complexity index is 958. The Labute approximate surface area is 194 Å². The van der Waals surface area contributed by atoms with E-state index in [4.69, 9.17) is 4.74 Å². The van der Waals surface area contributed by atoms with Gasteiger partial charge in [0, 0.05) is 30.9 Å². The highest BCUT2D eigenvalue weighted by Crippen LogP contribution is 2.23. The van der Waals surface area contributed by atoms with E-state index in [-0.39, 0.29) is 23.7 Å². The van der Waals surface area contributed by atoms with Crippen LogP contribution in [-0.4, -0.2) is 67.0 Å². The quantitative estimate of drug-likeness (QED) is 0.666. The fourth-order valence-electron chi connectivity index (χ4n) is 4.65. The van der Waals surface area contributed by atoms with Crippen molar-refractivity contribution in [3.63, 3.8) is 0 Å². The van der Waals surface area contributed by atoms with Crippen LogP contribution in [0.5, 0.6) is 0 Å². The predicted molar refractivity (Wildman–Crippen MR) is 126 cm³/mol. The number of anilines is 1. The van der Waals surface area contributed by atoms with Crippen LogP contribution in [0.1, 0.15) is 35.7 Å². The summed E-state index contributed by atoms with van der Waals surface area (Å²) in [6, 6.07) is 13.7. The van der Waals surface area contributed by atoms with E-state index in [1.165, 1.54) is 24.6 Å². The van der Waals surface area contributed by atoms with Gasteiger partial charge >= 0.3 is 6.03 Å². The van der Waals surface area contributed by atoms with Crippen molar-refractivity contribution in [3.05, 3.63) is 65.5 Å². The Hall–Kier alpha value is -2.77. The molecule has 0 aromatic heterocycles. The number of rotatable bonds is 6. The van der Waals surface area contributed by atoms with Crippen LogP contribution in [0.2, 0.25) is 0 Å². The van der Waals surface area contributed by atoms with Crippen LogP contribution in [0.4, 0.5) is 14.9 Å². The van der Waals surface area contributed by atoms with Crippen molar-refractivity contribution in [3.8, 4) is 0 Å². The molecule has 2 aliphatic rings. The first kappa shape index (κ1) is 23.4. The molecule has 2 fully saturated rings. The van der Waals surface area contributed by atoms with Gasteiger partial charge in [0.15, 0.2) is 5.78 Å². The molecule has 33 heavy (non-hydrogen) atoms. The summed E-state index contributed by atoms with van der Waals surface area (Å²) in [5.41, 5.74) is 2.40. The molecule has 1 N–H and O–H groups in total. The molecule has 176 valence electrons. The lowest BCUT2D eigenvalue weighted by Gasteiger charge is -2.38. The third-order valence-electron chi connectivity index (χ3n) is 6.55. The molecule has 0 bridgehead atoms. The lowest BCUT2D eigenvalue weighted by atomic mass is 9.90. The summed E-state index contributed by atoms with van der Waals surface area (Å²) < 4.78 is 19.1. The summed E-state index contributed by atoms with van der Waals surface area (Å²) in [6.45, 7) is 5.96. The molecule has 2 heterocycles. The van der Waals surface area contributed by atoms with E-state index in [2.05, 4.69) is 10.2 Å². The van der Waals surface area contributed by atoms with Gasteiger partial charge in [-0.05, 0) is 75.0 Å².